The summed E-state index contributed by atoms with van der Waals surface area (Å²) in [5, 5.41) is 9.21. The molecule has 162 valence electrons. The number of halogens is 1. The number of sulfonamides is 1. The highest BCUT2D eigenvalue weighted by Gasteiger charge is 2.14. The monoisotopic (exact) mass is 498 g/mol. The molecule has 0 atom stereocenters. The number of rotatable bonds is 9. The SMILES string of the molecule is CCOc1cc(C=NNc2ccc(S(N)(=O)=O)cc2)cc(Br)c1OCC(=O)N(C)C. The molecule has 2 aromatic rings. The number of amides is 1. The number of likely N-dealkylation sites (N-methyl/N-ethyl adjacent to an activating group) is 1. The summed E-state index contributed by atoms with van der Waals surface area (Å²) in [7, 11) is -0.434. The summed E-state index contributed by atoms with van der Waals surface area (Å²) in [4.78, 5) is 13.3. The van der Waals surface area contributed by atoms with E-state index in [1.54, 1.807) is 44.6 Å². The van der Waals surface area contributed by atoms with Crippen molar-refractivity contribution in [1.29, 1.82) is 0 Å². The number of hydrogen-bond acceptors (Lipinski definition) is 7. The zero-order valence-corrected chi connectivity index (χ0v) is 19.2. The Morgan fingerprint density at radius 1 is 1.23 bits per heavy atom. The molecule has 2 rings (SSSR count). The van der Waals surface area contributed by atoms with Gasteiger partial charge in [-0.2, -0.15) is 5.10 Å². The standard InChI is InChI=1S/C19H23BrN4O5S/c1-4-28-17-10-13(9-16(20)19(17)29-12-18(25)24(2)3)11-22-23-14-5-7-15(8-6-14)30(21,26)27/h5-11,23H,4,12H2,1-3H3,(H2,21,26,27). The second-order valence-corrected chi connectivity index (χ2v) is 8.69. The van der Waals surface area contributed by atoms with Crippen LogP contribution in [0, 0.1) is 0 Å². The number of nitrogens with one attached hydrogen (secondary N) is 1. The molecule has 0 saturated heterocycles. The molecule has 0 unspecified atom stereocenters. The van der Waals surface area contributed by atoms with Crippen LogP contribution in [-0.4, -0.2) is 52.7 Å². The number of anilines is 1. The predicted molar refractivity (Wildman–Crippen MR) is 119 cm³/mol. The summed E-state index contributed by atoms with van der Waals surface area (Å²) >= 11 is 3.44. The van der Waals surface area contributed by atoms with E-state index in [-0.39, 0.29) is 17.4 Å². The lowest BCUT2D eigenvalue weighted by Crippen LogP contribution is -2.27. The van der Waals surface area contributed by atoms with Gasteiger partial charge >= 0.3 is 0 Å². The Labute approximate surface area is 184 Å². The zero-order chi connectivity index (χ0) is 22.3. The Kier molecular flexibility index (Phi) is 8.21. The summed E-state index contributed by atoms with van der Waals surface area (Å²) in [6, 6.07) is 9.39. The van der Waals surface area contributed by atoms with Gasteiger partial charge in [0, 0.05) is 14.1 Å². The van der Waals surface area contributed by atoms with Crippen molar-refractivity contribution < 1.29 is 22.7 Å². The molecule has 0 aliphatic heterocycles. The first-order valence-corrected chi connectivity index (χ1v) is 11.2. The lowest BCUT2D eigenvalue weighted by molar-refractivity contribution is -0.130. The second-order valence-electron chi connectivity index (χ2n) is 6.28. The summed E-state index contributed by atoms with van der Waals surface area (Å²) < 4.78 is 34.4. The topological polar surface area (TPSA) is 123 Å². The third-order valence-corrected chi connectivity index (χ3v) is 5.28. The number of primary sulfonamides is 1. The molecule has 0 saturated carbocycles. The first-order valence-electron chi connectivity index (χ1n) is 8.83. The van der Waals surface area contributed by atoms with Gasteiger partial charge in [-0.15, -0.1) is 0 Å². The maximum atomic E-state index is 11.8. The molecule has 0 spiro atoms. The fraction of sp³-hybridized carbons (Fsp3) is 0.263. The van der Waals surface area contributed by atoms with E-state index in [0.717, 1.165) is 0 Å². The maximum Gasteiger partial charge on any atom is 0.259 e. The number of nitrogens with two attached hydrogens (primary N) is 1. The minimum atomic E-state index is -3.74. The molecule has 1 amide bonds. The predicted octanol–water partition coefficient (Wildman–Crippen LogP) is 2.41. The molecule has 0 fully saturated rings. The van der Waals surface area contributed by atoms with Gasteiger partial charge in [0.25, 0.3) is 5.91 Å². The Bertz CT molecular complexity index is 1020. The lowest BCUT2D eigenvalue weighted by Gasteiger charge is -2.16. The molecule has 30 heavy (non-hydrogen) atoms. The molecule has 0 aromatic heterocycles. The van der Waals surface area contributed by atoms with Crippen molar-refractivity contribution in [2.75, 3.05) is 32.7 Å². The van der Waals surface area contributed by atoms with Crippen LogP contribution in [0.25, 0.3) is 0 Å². The van der Waals surface area contributed by atoms with Crippen molar-refractivity contribution in [3.63, 3.8) is 0 Å². The van der Waals surface area contributed by atoms with E-state index in [1.165, 1.54) is 17.0 Å². The fourth-order valence-electron chi connectivity index (χ4n) is 2.23. The molecule has 0 aliphatic carbocycles. The molecule has 2 aromatic carbocycles. The summed E-state index contributed by atoms with van der Waals surface area (Å²) in [6.07, 6.45) is 1.57. The highest BCUT2D eigenvalue weighted by Crippen LogP contribution is 2.36. The average Bonchev–Trinajstić information content (AvgIpc) is 2.67. The van der Waals surface area contributed by atoms with E-state index in [1.807, 2.05) is 6.92 Å². The minimum absolute atomic E-state index is 0.0191. The van der Waals surface area contributed by atoms with Gasteiger partial charge in [-0.1, -0.05) is 0 Å². The number of benzene rings is 2. The fourth-order valence-corrected chi connectivity index (χ4v) is 3.32. The van der Waals surface area contributed by atoms with E-state index < -0.39 is 10.0 Å². The van der Waals surface area contributed by atoms with Crippen LogP contribution in [0.4, 0.5) is 5.69 Å². The highest BCUT2D eigenvalue weighted by atomic mass is 79.9. The maximum absolute atomic E-state index is 11.8. The largest absolute Gasteiger partial charge is 0.490 e. The van der Waals surface area contributed by atoms with Crippen LogP contribution < -0.4 is 20.0 Å². The van der Waals surface area contributed by atoms with Crippen LogP contribution in [-0.2, 0) is 14.8 Å². The van der Waals surface area contributed by atoms with Crippen molar-refractivity contribution in [2.24, 2.45) is 10.2 Å². The Morgan fingerprint density at radius 2 is 1.90 bits per heavy atom. The summed E-state index contributed by atoms with van der Waals surface area (Å²) in [6.45, 7) is 2.14. The van der Waals surface area contributed by atoms with Crippen molar-refractivity contribution in [2.45, 2.75) is 11.8 Å². The molecule has 3 N–H and O–H groups in total. The van der Waals surface area contributed by atoms with E-state index in [0.29, 0.717) is 33.8 Å². The molecular formula is C19H23BrN4O5S. The van der Waals surface area contributed by atoms with Crippen LogP contribution in [0.3, 0.4) is 0 Å². The van der Waals surface area contributed by atoms with Gasteiger partial charge in [0.2, 0.25) is 10.0 Å². The first kappa shape index (κ1) is 23.6. The zero-order valence-electron chi connectivity index (χ0n) is 16.8. The summed E-state index contributed by atoms with van der Waals surface area (Å²) in [5.74, 6) is 0.723. The molecule has 0 bridgehead atoms. The third kappa shape index (κ3) is 6.71. The van der Waals surface area contributed by atoms with Gasteiger partial charge in [0.1, 0.15) is 0 Å². The van der Waals surface area contributed by atoms with Gasteiger partial charge in [0.15, 0.2) is 18.1 Å². The number of carbonyl (C=O) groups is 1. The van der Waals surface area contributed by atoms with Crippen molar-refractivity contribution in [1.82, 2.24) is 4.90 Å². The summed E-state index contributed by atoms with van der Waals surface area (Å²) in [5.41, 5.74) is 4.11. The molecule has 0 aliphatic rings. The van der Waals surface area contributed by atoms with E-state index >= 15 is 0 Å². The molecule has 11 heteroatoms. The Balaban J connectivity index is 2.14. The second kappa shape index (κ2) is 10.4. The van der Waals surface area contributed by atoms with Crippen molar-refractivity contribution in [3.8, 4) is 11.5 Å². The van der Waals surface area contributed by atoms with Crippen LogP contribution in [0.2, 0.25) is 0 Å². The minimum Gasteiger partial charge on any atom is -0.490 e. The van der Waals surface area contributed by atoms with E-state index in [2.05, 4.69) is 26.5 Å². The van der Waals surface area contributed by atoms with Crippen molar-refractivity contribution in [3.05, 3.63) is 46.4 Å². The van der Waals surface area contributed by atoms with Crippen molar-refractivity contribution >= 4 is 43.8 Å². The highest BCUT2D eigenvalue weighted by molar-refractivity contribution is 9.10. The van der Waals surface area contributed by atoms with Gasteiger partial charge in [-0.25, -0.2) is 13.6 Å². The van der Waals surface area contributed by atoms with Crippen LogP contribution in [0.1, 0.15) is 12.5 Å². The number of hydrogen-bond donors (Lipinski definition) is 2. The van der Waals surface area contributed by atoms with Crippen LogP contribution >= 0.6 is 15.9 Å². The third-order valence-electron chi connectivity index (χ3n) is 3.76. The average molecular weight is 499 g/mol. The molecule has 0 heterocycles. The molecule has 9 nitrogen and oxygen atoms in total. The van der Waals surface area contributed by atoms with Gasteiger partial charge in [-0.3, -0.25) is 10.2 Å². The van der Waals surface area contributed by atoms with E-state index in [4.69, 9.17) is 14.6 Å². The number of carbonyl (C=O) groups excluding carboxylic acids is 1. The Hall–Kier alpha value is -2.63. The van der Waals surface area contributed by atoms with Gasteiger partial charge < -0.3 is 14.4 Å². The number of ether oxygens (including phenoxy) is 2. The number of nitrogens with zero attached hydrogens (tertiary/aromatic N) is 2. The first-order chi connectivity index (χ1) is 14.1. The number of hydrazone groups is 1. The quantitative estimate of drug-likeness (QED) is 0.404. The van der Waals surface area contributed by atoms with Crippen LogP contribution in [0.15, 0.2) is 50.9 Å². The normalized spacial score (nSPS) is 11.4. The van der Waals surface area contributed by atoms with Crippen LogP contribution in [0.5, 0.6) is 11.5 Å². The van der Waals surface area contributed by atoms with Gasteiger partial charge in [0.05, 0.1) is 27.9 Å². The molecule has 0 radical (unpaired) electrons. The lowest BCUT2D eigenvalue weighted by atomic mass is 10.2. The van der Waals surface area contributed by atoms with Gasteiger partial charge in [-0.05, 0) is 64.8 Å². The molecular weight excluding hydrogens is 476 g/mol. The van der Waals surface area contributed by atoms with E-state index in [9.17, 15) is 13.2 Å². The Morgan fingerprint density at radius 3 is 2.47 bits per heavy atom. The smallest absolute Gasteiger partial charge is 0.259 e.